The van der Waals surface area contributed by atoms with Gasteiger partial charge in [-0.1, -0.05) is 31.0 Å². The van der Waals surface area contributed by atoms with Gasteiger partial charge in [-0.05, 0) is 31.1 Å². The van der Waals surface area contributed by atoms with Crippen LogP contribution in [0.5, 0.6) is 0 Å². The molecule has 0 amide bonds. The number of nitrogens with one attached hydrogen (secondary N) is 2. The number of thioether (sulfide) groups is 1. The van der Waals surface area contributed by atoms with Crippen LogP contribution in [0.3, 0.4) is 0 Å². The van der Waals surface area contributed by atoms with Crippen LogP contribution in [0, 0.1) is 5.92 Å². The van der Waals surface area contributed by atoms with Crippen molar-refractivity contribution in [2.75, 3.05) is 0 Å². The minimum absolute atomic E-state index is 0.228. The fraction of sp³-hybridized carbons (Fsp3) is 0.750. The summed E-state index contributed by atoms with van der Waals surface area (Å²) in [6, 6.07) is 0.228. The quantitative estimate of drug-likeness (QED) is 0.719. The summed E-state index contributed by atoms with van der Waals surface area (Å²) >= 11 is 1.29. The lowest BCUT2D eigenvalue weighted by atomic mass is 9.84. The molecule has 5 heteroatoms. The van der Waals surface area contributed by atoms with Gasteiger partial charge in [0, 0.05) is 12.2 Å². The van der Waals surface area contributed by atoms with Crippen LogP contribution in [0.15, 0.2) is 11.6 Å². The van der Waals surface area contributed by atoms with Gasteiger partial charge >= 0.3 is 5.97 Å². The van der Waals surface area contributed by atoms with Crippen molar-refractivity contribution >= 4 is 17.7 Å². The molecular formula is C12H20N2O2S. The molecule has 17 heavy (non-hydrogen) atoms. The molecule has 96 valence electrons. The molecular weight excluding hydrogens is 236 g/mol. The van der Waals surface area contributed by atoms with Crippen LogP contribution in [0.1, 0.15) is 39.0 Å². The van der Waals surface area contributed by atoms with Crippen LogP contribution in [-0.2, 0) is 4.79 Å². The zero-order valence-electron chi connectivity index (χ0n) is 10.1. The first-order valence-electron chi connectivity index (χ1n) is 6.26. The van der Waals surface area contributed by atoms with E-state index in [0.29, 0.717) is 5.92 Å². The number of hydrogen-bond donors (Lipinski definition) is 3. The van der Waals surface area contributed by atoms with Gasteiger partial charge in [-0.2, -0.15) is 0 Å². The molecule has 0 radical (unpaired) electrons. The Balaban J connectivity index is 1.95. The number of rotatable bonds is 4. The minimum Gasteiger partial charge on any atom is -0.478 e. The van der Waals surface area contributed by atoms with Gasteiger partial charge < -0.3 is 10.4 Å². The lowest BCUT2D eigenvalue weighted by molar-refractivity contribution is -0.141. The molecule has 4 nitrogen and oxygen atoms in total. The second kappa shape index (κ2) is 5.31. The first kappa shape index (κ1) is 12.8. The second-order valence-electron chi connectivity index (χ2n) is 4.88. The molecule has 2 aliphatic rings. The third-order valence-corrected chi connectivity index (χ3v) is 4.72. The van der Waals surface area contributed by atoms with E-state index in [4.69, 9.17) is 0 Å². The smallest absolute Gasteiger partial charge is 0.356 e. The maximum Gasteiger partial charge on any atom is 0.356 e. The molecule has 0 bridgehead atoms. The normalized spacial score (nSPS) is 31.1. The van der Waals surface area contributed by atoms with E-state index in [9.17, 15) is 9.90 Å². The fourth-order valence-electron chi connectivity index (χ4n) is 2.64. The molecule has 3 N–H and O–H groups in total. The summed E-state index contributed by atoms with van der Waals surface area (Å²) < 4.78 is 0. The van der Waals surface area contributed by atoms with Crippen molar-refractivity contribution in [3.05, 3.63) is 11.6 Å². The van der Waals surface area contributed by atoms with E-state index in [-0.39, 0.29) is 6.04 Å². The van der Waals surface area contributed by atoms with Crippen LogP contribution in [0.25, 0.3) is 0 Å². The third-order valence-electron chi connectivity index (χ3n) is 3.69. The molecule has 2 atom stereocenters. The number of hydrogen-bond acceptors (Lipinski definition) is 4. The van der Waals surface area contributed by atoms with Gasteiger partial charge in [-0.25, -0.2) is 4.79 Å². The first-order chi connectivity index (χ1) is 8.14. The van der Waals surface area contributed by atoms with Gasteiger partial charge in [0.15, 0.2) is 0 Å². The molecule has 2 rings (SSSR count). The summed E-state index contributed by atoms with van der Waals surface area (Å²) in [6.45, 7) is 2.10. The molecule has 0 aromatic rings. The van der Waals surface area contributed by atoms with E-state index in [1.807, 2.05) is 0 Å². The summed E-state index contributed by atoms with van der Waals surface area (Å²) in [5.74, 6) is -0.252. The Kier molecular flexibility index (Phi) is 3.99. The highest BCUT2D eigenvalue weighted by atomic mass is 32.2. The van der Waals surface area contributed by atoms with Crippen LogP contribution >= 0.6 is 11.8 Å². The highest BCUT2D eigenvalue weighted by molar-refractivity contribution is 8.04. The van der Waals surface area contributed by atoms with Crippen molar-refractivity contribution < 1.29 is 9.90 Å². The van der Waals surface area contributed by atoms with E-state index < -0.39 is 11.0 Å². The van der Waals surface area contributed by atoms with E-state index >= 15 is 0 Å². The minimum atomic E-state index is -1.06. The molecule has 1 unspecified atom stereocenters. The summed E-state index contributed by atoms with van der Waals surface area (Å²) in [4.78, 5) is 10.3. The predicted molar refractivity (Wildman–Crippen MR) is 69.4 cm³/mol. The molecule has 0 spiro atoms. The number of aliphatic carboxylic acids is 1. The molecule has 1 heterocycles. The Labute approximate surface area is 106 Å². The van der Waals surface area contributed by atoms with Gasteiger partial charge in [0.1, 0.15) is 0 Å². The second-order valence-corrected chi connectivity index (χ2v) is 6.00. The Morgan fingerprint density at radius 3 is 2.76 bits per heavy atom. The highest BCUT2D eigenvalue weighted by Gasteiger charge is 2.42. The Bertz CT molecular complexity index is 306. The Morgan fingerprint density at radius 2 is 2.24 bits per heavy atom. The van der Waals surface area contributed by atoms with Gasteiger partial charge in [0.05, 0.1) is 0 Å². The SMILES string of the molecule is C[C@H](NC1(C(=O)O)NC=CS1)C1CCCCC1. The lowest BCUT2D eigenvalue weighted by Crippen LogP contribution is -2.60. The molecule has 0 aromatic carbocycles. The zero-order chi connectivity index (χ0) is 12.3. The van der Waals surface area contributed by atoms with Crippen molar-refractivity contribution in [2.24, 2.45) is 5.92 Å². The van der Waals surface area contributed by atoms with E-state index in [0.717, 1.165) is 0 Å². The largest absolute Gasteiger partial charge is 0.478 e. The topological polar surface area (TPSA) is 61.4 Å². The lowest BCUT2D eigenvalue weighted by Gasteiger charge is -2.34. The van der Waals surface area contributed by atoms with E-state index in [1.54, 1.807) is 11.6 Å². The molecule has 1 aliphatic carbocycles. The summed E-state index contributed by atoms with van der Waals surface area (Å²) in [7, 11) is 0. The standard InChI is InChI=1S/C12H20N2O2S/c1-9(10-5-3-2-4-6-10)14-12(11(15)16)13-7-8-17-12/h7-10,13-14H,2-6H2,1H3,(H,15,16)/t9-,12?/m0/s1. The van der Waals surface area contributed by atoms with Gasteiger partial charge in [0.25, 0.3) is 0 Å². The fourth-order valence-corrected chi connectivity index (χ4v) is 3.47. The predicted octanol–water partition coefficient (Wildman–Crippen LogP) is 2.09. The summed E-state index contributed by atoms with van der Waals surface area (Å²) in [5, 5.41) is 17.3. The van der Waals surface area contributed by atoms with E-state index in [2.05, 4.69) is 17.6 Å². The van der Waals surface area contributed by atoms with Crippen molar-refractivity contribution in [2.45, 2.75) is 50.1 Å². The maximum absolute atomic E-state index is 11.4. The zero-order valence-corrected chi connectivity index (χ0v) is 10.9. The van der Waals surface area contributed by atoms with Crippen molar-refractivity contribution in [1.82, 2.24) is 10.6 Å². The molecule has 1 fully saturated rings. The average Bonchev–Trinajstić information content (AvgIpc) is 2.80. The van der Waals surface area contributed by atoms with Crippen LogP contribution in [0.4, 0.5) is 0 Å². The molecule has 1 aliphatic heterocycles. The summed E-state index contributed by atoms with van der Waals surface area (Å²) in [6.07, 6.45) is 7.98. The Hall–Kier alpha value is -0.680. The van der Waals surface area contributed by atoms with Crippen molar-refractivity contribution in [3.63, 3.8) is 0 Å². The highest BCUT2D eigenvalue weighted by Crippen LogP contribution is 2.31. The number of carbonyl (C=O) groups is 1. The van der Waals surface area contributed by atoms with Crippen LogP contribution in [-0.4, -0.2) is 22.1 Å². The molecule has 1 saturated carbocycles. The van der Waals surface area contributed by atoms with Crippen molar-refractivity contribution in [1.29, 1.82) is 0 Å². The monoisotopic (exact) mass is 256 g/mol. The van der Waals surface area contributed by atoms with Gasteiger partial charge in [-0.15, -0.1) is 0 Å². The molecule has 0 aromatic heterocycles. The van der Waals surface area contributed by atoms with Crippen LogP contribution in [0.2, 0.25) is 0 Å². The summed E-state index contributed by atoms with van der Waals surface area (Å²) in [5.41, 5.74) is 0. The molecule has 0 saturated heterocycles. The first-order valence-corrected chi connectivity index (χ1v) is 7.14. The third kappa shape index (κ3) is 2.77. The van der Waals surface area contributed by atoms with Crippen molar-refractivity contribution in [3.8, 4) is 0 Å². The van der Waals surface area contributed by atoms with E-state index in [1.165, 1.54) is 43.9 Å². The van der Waals surface area contributed by atoms with Crippen LogP contribution < -0.4 is 10.6 Å². The number of carboxylic acids is 1. The van der Waals surface area contributed by atoms with Gasteiger partial charge in [-0.3, -0.25) is 5.32 Å². The van der Waals surface area contributed by atoms with Gasteiger partial charge in [0.2, 0.25) is 4.99 Å². The Morgan fingerprint density at radius 1 is 1.53 bits per heavy atom. The average molecular weight is 256 g/mol. The maximum atomic E-state index is 11.4. The number of carboxylic acid groups (broad SMARTS) is 1.